The Bertz CT molecular complexity index is 718. The minimum Gasteiger partial charge on any atom is -0.506 e. The maximum absolute atomic E-state index is 11.8. The predicted octanol–water partition coefficient (Wildman–Crippen LogP) is 4.06. The second-order valence-corrected chi connectivity index (χ2v) is 7.75. The summed E-state index contributed by atoms with van der Waals surface area (Å²) in [5.74, 6) is -0.0506. The summed E-state index contributed by atoms with van der Waals surface area (Å²) >= 11 is 7.56. The van der Waals surface area contributed by atoms with Crippen molar-refractivity contribution in [3.8, 4) is 5.75 Å². The lowest BCUT2D eigenvalue weighted by molar-refractivity contribution is -0.120. The molecular formula is C15H11BrI2N2O2. The van der Waals surface area contributed by atoms with E-state index in [2.05, 4.69) is 71.6 Å². The monoisotopic (exact) mass is 584 g/mol. The Labute approximate surface area is 163 Å². The number of halogens is 3. The Morgan fingerprint density at radius 3 is 2.64 bits per heavy atom. The van der Waals surface area contributed by atoms with E-state index >= 15 is 0 Å². The standard InChI is InChI=1S/C15H11BrI2N2O2/c16-11-3-1-9(2-4-11)5-14(21)20-19-8-10-6-12(17)7-13(18)15(10)22/h1-4,6-8,22H,5H2,(H,20,21). The smallest absolute Gasteiger partial charge is 0.244 e. The van der Waals surface area contributed by atoms with Crippen molar-refractivity contribution >= 4 is 73.2 Å². The van der Waals surface area contributed by atoms with Crippen LogP contribution in [0.2, 0.25) is 0 Å². The normalized spacial score (nSPS) is 10.9. The second kappa shape index (κ2) is 8.25. The molecule has 0 bridgehead atoms. The van der Waals surface area contributed by atoms with Crippen LogP contribution >= 0.6 is 61.1 Å². The largest absolute Gasteiger partial charge is 0.506 e. The van der Waals surface area contributed by atoms with Crippen molar-refractivity contribution in [2.24, 2.45) is 5.10 Å². The van der Waals surface area contributed by atoms with E-state index in [1.165, 1.54) is 6.21 Å². The molecule has 0 aliphatic rings. The van der Waals surface area contributed by atoms with Gasteiger partial charge in [-0.2, -0.15) is 5.10 Å². The number of hydrazone groups is 1. The van der Waals surface area contributed by atoms with Crippen LogP contribution in [0, 0.1) is 7.14 Å². The SMILES string of the molecule is O=C(Cc1ccc(Br)cc1)NN=Cc1cc(I)cc(I)c1O. The van der Waals surface area contributed by atoms with Crippen molar-refractivity contribution in [1.29, 1.82) is 0 Å². The first-order chi connectivity index (χ1) is 10.5. The van der Waals surface area contributed by atoms with Gasteiger partial charge in [0.25, 0.3) is 0 Å². The zero-order chi connectivity index (χ0) is 16.1. The molecule has 2 rings (SSSR count). The fraction of sp³-hybridized carbons (Fsp3) is 0.0667. The van der Waals surface area contributed by atoms with Gasteiger partial charge < -0.3 is 5.11 Å². The van der Waals surface area contributed by atoms with Crippen molar-refractivity contribution in [3.05, 3.63) is 59.1 Å². The van der Waals surface area contributed by atoms with Crippen LogP contribution in [-0.4, -0.2) is 17.2 Å². The van der Waals surface area contributed by atoms with Gasteiger partial charge in [0.1, 0.15) is 5.75 Å². The lowest BCUT2D eigenvalue weighted by Crippen LogP contribution is -2.19. The van der Waals surface area contributed by atoms with Gasteiger partial charge in [-0.1, -0.05) is 28.1 Å². The quantitative estimate of drug-likeness (QED) is 0.324. The molecule has 4 nitrogen and oxygen atoms in total. The third-order valence-corrected chi connectivity index (χ3v) is 4.70. The zero-order valence-electron chi connectivity index (χ0n) is 11.2. The minimum absolute atomic E-state index is 0.159. The van der Waals surface area contributed by atoms with E-state index in [0.29, 0.717) is 5.56 Å². The number of carbonyl (C=O) groups excluding carboxylic acids is 1. The average molecular weight is 585 g/mol. The fourth-order valence-corrected chi connectivity index (χ4v) is 3.84. The van der Waals surface area contributed by atoms with Crippen molar-refractivity contribution < 1.29 is 9.90 Å². The van der Waals surface area contributed by atoms with E-state index in [4.69, 9.17) is 0 Å². The number of aromatic hydroxyl groups is 1. The number of nitrogens with zero attached hydrogens (tertiary/aromatic N) is 1. The molecule has 0 aliphatic carbocycles. The van der Waals surface area contributed by atoms with Crippen molar-refractivity contribution in [2.75, 3.05) is 0 Å². The first kappa shape index (κ1) is 17.7. The number of hydrogen-bond donors (Lipinski definition) is 2. The molecule has 2 aromatic rings. The van der Waals surface area contributed by atoms with Crippen LogP contribution in [0.5, 0.6) is 5.75 Å². The summed E-state index contributed by atoms with van der Waals surface area (Å²) in [5.41, 5.74) is 3.94. The summed E-state index contributed by atoms with van der Waals surface area (Å²) in [6.07, 6.45) is 1.69. The number of carbonyl (C=O) groups is 1. The molecule has 0 aromatic heterocycles. The van der Waals surface area contributed by atoms with Crippen LogP contribution < -0.4 is 5.43 Å². The molecule has 0 unspecified atom stereocenters. The summed E-state index contributed by atoms with van der Waals surface area (Å²) in [4.78, 5) is 11.8. The van der Waals surface area contributed by atoms with Crippen LogP contribution in [0.3, 0.4) is 0 Å². The lowest BCUT2D eigenvalue weighted by Gasteiger charge is -2.03. The van der Waals surface area contributed by atoms with Crippen LogP contribution in [0.4, 0.5) is 0 Å². The maximum atomic E-state index is 11.8. The van der Waals surface area contributed by atoms with Crippen LogP contribution in [0.15, 0.2) is 46.0 Å². The number of amides is 1. The van der Waals surface area contributed by atoms with Crippen molar-refractivity contribution in [1.82, 2.24) is 5.43 Å². The van der Waals surface area contributed by atoms with Gasteiger partial charge in [-0.05, 0) is 75.0 Å². The van der Waals surface area contributed by atoms with Crippen molar-refractivity contribution in [2.45, 2.75) is 6.42 Å². The Kier molecular flexibility index (Phi) is 6.63. The fourth-order valence-electron chi connectivity index (χ4n) is 1.69. The summed E-state index contributed by atoms with van der Waals surface area (Å²) < 4.78 is 2.70. The van der Waals surface area contributed by atoms with E-state index in [1.54, 1.807) is 6.07 Å². The minimum atomic E-state index is -0.210. The van der Waals surface area contributed by atoms with Gasteiger partial charge >= 0.3 is 0 Å². The predicted molar refractivity (Wildman–Crippen MR) is 107 cm³/mol. The average Bonchev–Trinajstić information content (AvgIpc) is 2.46. The van der Waals surface area contributed by atoms with Crippen LogP contribution in [-0.2, 0) is 11.2 Å². The number of benzene rings is 2. The van der Waals surface area contributed by atoms with E-state index in [-0.39, 0.29) is 18.1 Å². The molecule has 0 atom stereocenters. The lowest BCUT2D eigenvalue weighted by atomic mass is 10.1. The maximum Gasteiger partial charge on any atom is 0.244 e. The van der Waals surface area contributed by atoms with E-state index in [9.17, 15) is 9.90 Å². The summed E-state index contributed by atoms with van der Waals surface area (Å²) in [6.45, 7) is 0. The Morgan fingerprint density at radius 2 is 1.95 bits per heavy atom. The second-order valence-electron chi connectivity index (χ2n) is 4.42. The molecule has 0 heterocycles. The summed E-state index contributed by atoms with van der Waals surface area (Å²) in [5, 5.41) is 13.8. The first-order valence-corrected chi connectivity index (χ1v) is 9.15. The molecule has 2 N–H and O–H groups in total. The molecule has 1 amide bonds. The number of hydrogen-bond acceptors (Lipinski definition) is 3. The van der Waals surface area contributed by atoms with Gasteiger partial charge in [0.15, 0.2) is 0 Å². The molecule has 0 saturated carbocycles. The van der Waals surface area contributed by atoms with E-state index in [0.717, 1.165) is 17.2 Å². The van der Waals surface area contributed by atoms with Gasteiger partial charge in [-0.3, -0.25) is 4.79 Å². The van der Waals surface area contributed by atoms with Gasteiger partial charge in [0.05, 0.1) is 16.2 Å². The number of phenols is 1. The highest BCUT2D eigenvalue weighted by Crippen LogP contribution is 2.25. The van der Waals surface area contributed by atoms with E-state index < -0.39 is 0 Å². The highest BCUT2D eigenvalue weighted by molar-refractivity contribution is 14.1. The number of nitrogens with one attached hydrogen (secondary N) is 1. The molecule has 0 fully saturated rings. The topological polar surface area (TPSA) is 61.7 Å². The van der Waals surface area contributed by atoms with E-state index in [1.807, 2.05) is 30.3 Å². The van der Waals surface area contributed by atoms with Crippen molar-refractivity contribution in [3.63, 3.8) is 0 Å². The third kappa shape index (κ3) is 5.20. The Morgan fingerprint density at radius 1 is 1.27 bits per heavy atom. The molecule has 114 valence electrons. The molecule has 0 saturated heterocycles. The number of rotatable bonds is 4. The molecule has 0 aliphatic heterocycles. The highest BCUT2D eigenvalue weighted by Gasteiger charge is 2.06. The van der Waals surface area contributed by atoms with Gasteiger partial charge in [-0.15, -0.1) is 0 Å². The van der Waals surface area contributed by atoms with Crippen LogP contribution in [0.1, 0.15) is 11.1 Å². The summed E-state index contributed by atoms with van der Waals surface area (Å²) in [6, 6.07) is 11.2. The molecule has 0 radical (unpaired) electrons. The third-order valence-electron chi connectivity index (χ3n) is 2.73. The van der Waals surface area contributed by atoms with Gasteiger partial charge in [0.2, 0.25) is 5.91 Å². The molecule has 0 spiro atoms. The molecule has 22 heavy (non-hydrogen) atoms. The zero-order valence-corrected chi connectivity index (χ0v) is 17.1. The molecule has 2 aromatic carbocycles. The highest BCUT2D eigenvalue weighted by atomic mass is 127. The molecule has 7 heteroatoms. The Balaban J connectivity index is 1.97. The van der Waals surface area contributed by atoms with Crippen LogP contribution in [0.25, 0.3) is 0 Å². The molecular weight excluding hydrogens is 574 g/mol. The Hall–Kier alpha value is -0.680. The number of phenolic OH excluding ortho intramolecular Hbond substituents is 1. The first-order valence-electron chi connectivity index (χ1n) is 6.20. The van der Waals surface area contributed by atoms with Gasteiger partial charge in [-0.25, -0.2) is 5.43 Å². The van der Waals surface area contributed by atoms with Gasteiger partial charge in [0, 0.05) is 13.6 Å². The summed E-state index contributed by atoms with van der Waals surface area (Å²) in [7, 11) is 0.